The van der Waals surface area contributed by atoms with Crippen molar-refractivity contribution >= 4 is 28.6 Å². The Morgan fingerprint density at radius 2 is 2.11 bits per heavy atom. The van der Waals surface area contributed by atoms with E-state index in [2.05, 4.69) is 31.1 Å². The van der Waals surface area contributed by atoms with Crippen LogP contribution >= 0.6 is 22.9 Å². The lowest BCUT2D eigenvalue weighted by atomic mass is 9.98. The molecule has 2 nitrogen and oxygen atoms in total. The molecule has 0 atom stereocenters. The molecule has 0 bridgehead atoms. The Hall–Kier alpha value is -1.13. The van der Waals surface area contributed by atoms with Crippen molar-refractivity contribution in [2.45, 2.75) is 32.7 Å². The molecular formula is C14H16ClFN2S. The normalized spacial score (nSPS) is 11.6. The second kappa shape index (κ2) is 5.47. The quantitative estimate of drug-likeness (QED) is 0.876. The van der Waals surface area contributed by atoms with Crippen LogP contribution in [0.1, 0.15) is 31.5 Å². The summed E-state index contributed by atoms with van der Waals surface area (Å²) < 4.78 is 13.0. The molecular weight excluding hydrogens is 283 g/mol. The molecule has 0 aliphatic carbocycles. The van der Waals surface area contributed by atoms with Crippen molar-refractivity contribution in [3.05, 3.63) is 45.1 Å². The molecule has 1 N–H and O–H groups in total. The third-order valence-electron chi connectivity index (χ3n) is 2.59. The van der Waals surface area contributed by atoms with Crippen LogP contribution in [0.25, 0.3) is 0 Å². The zero-order chi connectivity index (χ0) is 14.0. The molecule has 0 unspecified atom stereocenters. The van der Waals surface area contributed by atoms with Crippen LogP contribution in [0.15, 0.2) is 23.6 Å². The summed E-state index contributed by atoms with van der Waals surface area (Å²) in [6.07, 6.45) is 0. The topological polar surface area (TPSA) is 24.9 Å². The highest BCUT2D eigenvalue weighted by Gasteiger charge is 2.17. The third-order valence-corrected chi connectivity index (χ3v) is 4.19. The van der Waals surface area contributed by atoms with Crippen LogP contribution < -0.4 is 5.32 Å². The molecule has 0 spiro atoms. The minimum atomic E-state index is -0.407. The third kappa shape index (κ3) is 3.67. The van der Waals surface area contributed by atoms with E-state index in [-0.39, 0.29) is 10.4 Å². The predicted molar refractivity (Wildman–Crippen MR) is 79.6 cm³/mol. The van der Waals surface area contributed by atoms with Crippen molar-refractivity contribution in [3.8, 4) is 0 Å². The summed E-state index contributed by atoms with van der Waals surface area (Å²) in [5, 5.41) is 6.46. The standard InChI is InChI=1S/C14H16ClFN2S/c1-14(2,3)13-18-10(8-19-13)7-17-9-4-5-12(16)11(15)6-9/h4-6,8,17H,7H2,1-3H3. The minimum Gasteiger partial charge on any atom is -0.379 e. The van der Waals surface area contributed by atoms with Crippen LogP contribution in [0.3, 0.4) is 0 Å². The SMILES string of the molecule is CC(C)(C)c1nc(CNc2ccc(F)c(Cl)c2)cs1. The number of rotatable bonds is 3. The summed E-state index contributed by atoms with van der Waals surface area (Å²) in [4.78, 5) is 4.59. The maximum absolute atomic E-state index is 13.0. The Balaban J connectivity index is 2.02. The second-order valence-electron chi connectivity index (χ2n) is 5.38. The second-order valence-corrected chi connectivity index (χ2v) is 6.64. The lowest BCUT2D eigenvalue weighted by Gasteiger charge is -2.13. The van der Waals surface area contributed by atoms with Gasteiger partial charge in [0.25, 0.3) is 0 Å². The summed E-state index contributed by atoms with van der Waals surface area (Å²) >= 11 is 7.39. The lowest BCUT2D eigenvalue weighted by molar-refractivity contribution is 0.583. The maximum Gasteiger partial charge on any atom is 0.141 e. The molecule has 102 valence electrons. The van der Waals surface area contributed by atoms with Gasteiger partial charge in [0.1, 0.15) is 5.82 Å². The Labute approximate surface area is 121 Å². The summed E-state index contributed by atoms with van der Waals surface area (Å²) in [5.41, 5.74) is 1.84. The molecule has 0 aliphatic rings. The van der Waals surface area contributed by atoms with E-state index in [1.165, 1.54) is 6.07 Å². The smallest absolute Gasteiger partial charge is 0.141 e. The van der Waals surface area contributed by atoms with Gasteiger partial charge in [-0.15, -0.1) is 11.3 Å². The fourth-order valence-electron chi connectivity index (χ4n) is 1.53. The van der Waals surface area contributed by atoms with Crippen LogP contribution in [0, 0.1) is 5.82 Å². The van der Waals surface area contributed by atoms with E-state index in [1.54, 1.807) is 23.5 Å². The molecule has 0 aliphatic heterocycles. The van der Waals surface area contributed by atoms with Crippen molar-refractivity contribution in [1.29, 1.82) is 0 Å². The number of benzene rings is 1. The van der Waals surface area contributed by atoms with Crippen LogP contribution in [0.2, 0.25) is 5.02 Å². The van der Waals surface area contributed by atoms with E-state index < -0.39 is 5.82 Å². The van der Waals surface area contributed by atoms with Crippen molar-refractivity contribution in [2.24, 2.45) is 0 Å². The number of thiazole rings is 1. The highest BCUT2D eigenvalue weighted by Crippen LogP contribution is 2.26. The number of halogens is 2. The van der Waals surface area contributed by atoms with Gasteiger partial charge in [0.15, 0.2) is 0 Å². The first-order valence-electron chi connectivity index (χ1n) is 6.00. The first-order valence-corrected chi connectivity index (χ1v) is 7.26. The molecule has 0 fully saturated rings. The van der Waals surface area contributed by atoms with Crippen molar-refractivity contribution in [3.63, 3.8) is 0 Å². The molecule has 2 aromatic rings. The van der Waals surface area contributed by atoms with Gasteiger partial charge >= 0.3 is 0 Å². The van der Waals surface area contributed by atoms with E-state index in [1.807, 2.05) is 5.38 Å². The summed E-state index contributed by atoms with van der Waals surface area (Å²) in [6.45, 7) is 7.03. The fourth-order valence-corrected chi connectivity index (χ4v) is 2.62. The molecule has 0 amide bonds. The van der Waals surface area contributed by atoms with Gasteiger partial charge in [0.2, 0.25) is 0 Å². The Morgan fingerprint density at radius 3 is 2.68 bits per heavy atom. The average molecular weight is 299 g/mol. The average Bonchev–Trinajstić information content (AvgIpc) is 2.79. The van der Waals surface area contributed by atoms with Crippen LogP contribution in [-0.4, -0.2) is 4.98 Å². The minimum absolute atomic E-state index is 0.0715. The molecule has 0 radical (unpaired) electrons. The van der Waals surface area contributed by atoms with Gasteiger partial charge in [-0.1, -0.05) is 32.4 Å². The maximum atomic E-state index is 13.0. The largest absolute Gasteiger partial charge is 0.379 e. The van der Waals surface area contributed by atoms with Crippen molar-refractivity contribution in [2.75, 3.05) is 5.32 Å². The molecule has 1 heterocycles. The van der Waals surface area contributed by atoms with Gasteiger partial charge in [0.05, 0.1) is 22.3 Å². The zero-order valence-electron chi connectivity index (χ0n) is 11.1. The Morgan fingerprint density at radius 1 is 1.37 bits per heavy atom. The molecule has 2 rings (SSSR count). The lowest BCUT2D eigenvalue weighted by Crippen LogP contribution is -2.11. The molecule has 0 saturated heterocycles. The van der Waals surface area contributed by atoms with Crippen LogP contribution in [0.5, 0.6) is 0 Å². The Bertz CT molecular complexity index is 575. The monoisotopic (exact) mass is 298 g/mol. The summed E-state index contributed by atoms with van der Waals surface area (Å²) in [5.74, 6) is -0.407. The number of aromatic nitrogens is 1. The molecule has 0 saturated carbocycles. The van der Waals surface area contributed by atoms with Crippen molar-refractivity contribution < 1.29 is 4.39 Å². The highest BCUT2D eigenvalue weighted by atomic mass is 35.5. The molecule has 1 aromatic carbocycles. The first-order chi connectivity index (χ1) is 8.86. The first kappa shape index (κ1) is 14.3. The number of hydrogen-bond acceptors (Lipinski definition) is 3. The van der Waals surface area contributed by atoms with Gasteiger partial charge in [-0.3, -0.25) is 0 Å². The van der Waals surface area contributed by atoms with E-state index in [4.69, 9.17) is 11.6 Å². The summed E-state index contributed by atoms with van der Waals surface area (Å²) in [7, 11) is 0. The van der Waals surface area contributed by atoms with Gasteiger partial charge in [-0.2, -0.15) is 0 Å². The number of hydrogen-bond donors (Lipinski definition) is 1. The molecule has 1 aromatic heterocycles. The fraction of sp³-hybridized carbons (Fsp3) is 0.357. The summed E-state index contributed by atoms with van der Waals surface area (Å²) in [6, 6.07) is 4.60. The van der Waals surface area contributed by atoms with Gasteiger partial charge in [-0.25, -0.2) is 9.37 Å². The van der Waals surface area contributed by atoms with E-state index in [9.17, 15) is 4.39 Å². The molecule has 5 heteroatoms. The van der Waals surface area contributed by atoms with E-state index in [0.29, 0.717) is 6.54 Å². The Kier molecular flexibility index (Phi) is 4.11. The van der Waals surface area contributed by atoms with E-state index in [0.717, 1.165) is 16.4 Å². The predicted octanol–water partition coefficient (Wildman–Crippen LogP) is 4.85. The number of anilines is 1. The number of nitrogens with one attached hydrogen (secondary N) is 1. The van der Waals surface area contributed by atoms with Crippen LogP contribution in [0.4, 0.5) is 10.1 Å². The van der Waals surface area contributed by atoms with Gasteiger partial charge in [-0.05, 0) is 18.2 Å². The van der Waals surface area contributed by atoms with Gasteiger partial charge < -0.3 is 5.32 Å². The van der Waals surface area contributed by atoms with Crippen LogP contribution in [-0.2, 0) is 12.0 Å². The number of nitrogens with zero attached hydrogens (tertiary/aromatic N) is 1. The van der Waals surface area contributed by atoms with Crippen molar-refractivity contribution in [1.82, 2.24) is 4.98 Å². The zero-order valence-corrected chi connectivity index (χ0v) is 12.7. The van der Waals surface area contributed by atoms with Gasteiger partial charge in [0, 0.05) is 16.5 Å². The highest BCUT2D eigenvalue weighted by molar-refractivity contribution is 7.09. The van der Waals surface area contributed by atoms with E-state index >= 15 is 0 Å². The molecule has 19 heavy (non-hydrogen) atoms.